The van der Waals surface area contributed by atoms with Crippen molar-refractivity contribution in [2.24, 2.45) is 0 Å². The number of para-hydroxylation sites is 1. The highest BCUT2D eigenvalue weighted by molar-refractivity contribution is 7.19. The molecule has 2 aromatic rings. The van der Waals surface area contributed by atoms with Crippen molar-refractivity contribution in [1.82, 2.24) is 15.4 Å². The zero-order valence-electron chi connectivity index (χ0n) is 16.4. The second-order valence-electron chi connectivity index (χ2n) is 5.53. The topological polar surface area (TPSA) is 124 Å². The predicted molar refractivity (Wildman–Crippen MR) is 117 cm³/mol. The van der Waals surface area contributed by atoms with Crippen LogP contribution in [0.5, 0.6) is 0 Å². The van der Waals surface area contributed by atoms with Gasteiger partial charge >= 0.3 is 0 Å². The Balaban J connectivity index is 0.00000127. The Morgan fingerprint density at radius 2 is 2.07 bits per heavy atom. The van der Waals surface area contributed by atoms with Gasteiger partial charge in [0, 0.05) is 6.54 Å². The van der Waals surface area contributed by atoms with Crippen LogP contribution in [0.1, 0.15) is 25.8 Å². The molecule has 8 heteroatoms. The van der Waals surface area contributed by atoms with Gasteiger partial charge in [-0.15, -0.1) is 11.3 Å². The van der Waals surface area contributed by atoms with Crippen LogP contribution in [0.4, 0.5) is 0 Å². The second kappa shape index (κ2) is 11.4. The number of aliphatic hydroxyl groups is 2. The second-order valence-corrected chi connectivity index (χ2v) is 6.56. The molecular formula is C20H28N4O3S. The number of hydrogen-bond donors (Lipinski definition) is 4. The van der Waals surface area contributed by atoms with Gasteiger partial charge in [0.25, 0.3) is 0 Å². The van der Waals surface area contributed by atoms with Gasteiger partial charge in [-0.05, 0) is 24.6 Å². The van der Waals surface area contributed by atoms with Crippen LogP contribution in [0.2, 0.25) is 0 Å². The summed E-state index contributed by atoms with van der Waals surface area (Å²) in [7, 11) is 0. The molecule has 0 radical (unpaired) electrons. The smallest absolute Gasteiger partial charge is 0.149 e. The first-order valence-electron chi connectivity index (χ1n) is 8.94. The molecule has 1 aliphatic rings. The molecule has 0 spiro atoms. The Kier molecular flexibility index (Phi) is 9.54. The van der Waals surface area contributed by atoms with E-state index in [0.29, 0.717) is 17.1 Å². The fourth-order valence-corrected chi connectivity index (χ4v) is 3.60. The molecule has 152 valence electrons. The molecule has 0 atom stereocenters. The summed E-state index contributed by atoms with van der Waals surface area (Å²) in [6.45, 7) is 6.62. The van der Waals surface area contributed by atoms with Crippen molar-refractivity contribution in [1.29, 1.82) is 5.41 Å². The quantitative estimate of drug-likeness (QED) is 0.551. The van der Waals surface area contributed by atoms with E-state index in [1.54, 1.807) is 11.1 Å². The van der Waals surface area contributed by atoms with Crippen LogP contribution in [-0.4, -0.2) is 51.2 Å². The Morgan fingerprint density at radius 3 is 2.71 bits per heavy atom. The molecule has 7 nitrogen and oxygen atoms in total. The summed E-state index contributed by atoms with van der Waals surface area (Å²) in [5.74, 6) is 0.350. The van der Waals surface area contributed by atoms with E-state index in [4.69, 9.17) is 10.5 Å². The first-order chi connectivity index (χ1) is 13.1. The number of benzene rings is 1. The summed E-state index contributed by atoms with van der Waals surface area (Å²) >= 11 is 1.47. The molecule has 1 aromatic carbocycles. The summed E-state index contributed by atoms with van der Waals surface area (Å²) in [6, 6.07) is 7.78. The molecule has 0 saturated heterocycles. The van der Waals surface area contributed by atoms with E-state index in [0.717, 1.165) is 15.8 Å². The van der Waals surface area contributed by atoms with Gasteiger partial charge in [0.1, 0.15) is 16.6 Å². The van der Waals surface area contributed by atoms with Crippen LogP contribution >= 0.6 is 11.3 Å². The Labute approximate surface area is 169 Å². The minimum Gasteiger partial charge on any atom is -0.509 e. The minimum absolute atomic E-state index is 0. The van der Waals surface area contributed by atoms with E-state index in [1.165, 1.54) is 11.3 Å². The highest BCUT2D eigenvalue weighted by atomic mass is 32.1. The van der Waals surface area contributed by atoms with Gasteiger partial charge in [0.15, 0.2) is 0 Å². The van der Waals surface area contributed by atoms with E-state index in [9.17, 15) is 5.11 Å². The Bertz CT molecular complexity index is 853. The van der Waals surface area contributed by atoms with Crippen molar-refractivity contribution in [3.05, 3.63) is 58.8 Å². The zero-order valence-corrected chi connectivity index (χ0v) is 17.2. The maximum Gasteiger partial charge on any atom is 0.149 e. The zero-order chi connectivity index (χ0) is 19.8. The number of fused-ring (bicyclic) bond motifs is 1. The molecule has 28 heavy (non-hydrogen) atoms. The maximum absolute atomic E-state index is 10.3. The van der Waals surface area contributed by atoms with Crippen molar-refractivity contribution < 1.29 is 15.7 Å². The van der Waals surface area contributed by atoms with E-state index >= 15 is 0 Å². The van der Waals surface area contributed by atoms with Gasteiger partial charge in [-0.3, -0.25) is 10.4 Å². The van der Waals surface area contributed by atoms with E-state index in [1.807, 2.05) is 57.2 Å². The van der Waals surface area contributed by atoms with Crippen LogP contribution < -0.4 is 5.43 Å². The molecule has 3 rings (SSSR count). The first kappa shape index (κ1) is 23.5. The van der Waals surface area contributed by atoms with Crippen LogP contribution in [0.25, 0.3) is 15.8 Å². The molecule has 0 fully saturated rings. The molecule has 1 aromatic heterocycles. The average Bonchev–Trinajstić information content (AvgIpc) is 3.23. The number of aliphatic hydroxyl groups excluding tert-OH is 2. The number of thiazole rings is 1. The highest BCUT2D eigenvalue weighted by Gasteiger charge is 2.30. The lowest BCUT2D eigenvalue weighted by molar-refractivity contribution is 0.299. The lowest BCUT2D eigenvalue weighted by Gasteiger charge is -2.20. The Morgan fingerprint density at radius 1 is 1.36 bits per heavy atom. The third kappa shape index (κ3) is 5.26. The predicted octanol–water partition coefficient (Wildman–Crippen LogP) is 3.06. The van der Waals surface area contributed by atoms with Crippen LogP contribution in [-0.2, 0) is 0 Å². The fraction of sp³-hybridized carbons (Fsp3) is 0.300. The van der Waals surface area contributed by atoms with E-state index in [2.05, 4.69) is 10.4 Å². The number of hydrogen-bond acceptors (Lipinski definition) is 6. The van der Waals surface area contributed by atoms with Gasteiger partial charge < -0.3 is 15.7 Å². The minimum atomic E-state index is -0.0129. The highest BCUT2D eigenvalue weighted by Crippen LogP contribution is 2.32. The molecule has 0 unspecified atom stereocenters. The molecule has 0 aliphatic carbocycles. The molecule has 1 aliphatic heterocycles. The van der Waals surface area contributed by atoms with Crippen molar-refractivity contribution in [3.63, 3.8) is 0 Å². The number of nitrogens with one attached hydrogen (secondary N) is 2. The van der Waals surface area contributed by atoms with Crippen molar-refractivity contribution in [2.45, 2.75) is 20.8 Å². The van der Waals surface area contributed by atoms with E-state index < -0.39 is 0 Å². The first-order valence-corrected chi connectivity index (χ1v) is 9.76. The van der Waals surface area contributed by atoms with Crippen LogP contribution in [0, 0.1) is 5.41 Å². The van der Waals surface area contributed by atoms with Gasteiger partial charge in [0.05, 0.1) is 28.9 Å². The third-order valence-electron chi connectivity index (χ3n) is 3.89. The summed E-state index contributed by atoms with van der Waals surface area (Å²) in [4.78, 5) is 4.54. The van der Waals surface area contributed by atoms with Gasteiger partial charge in [-0.25, -0.2) is 10.4 Å². The lowest BCUT2D eigenvalue weighted by atomic mass is 10.2. The molecule has 0 saturated carbocycles. The SMILES string of the molecule is C/C=C(\C=C/CO)CNN1CC(O)=C(c2nc3ccccc3s2)C1=N.CC.O. The molecule has 2 heterocycles. The summed E-state index contributed by atoms with van der Waals surface area (Å²) in [5.41, 5.74) is 5.46. The number of allylic oxidation sites excluding steroid dienone is 1. The number of hydrazine groups is 1. The molecule has 6 N–H and O–H groups in total. The third-order valence-corrected chi connectivity index (χ3v) is 4.95. The maximum atomic E-state index is 10.3. The van der Waals surface area contributed by atoms with Gasteiger partial charge in [-0.2, -0.15) is 0 Å². The summed E-state index contributed by atoms with van der Waals surface area (Å²) in [5, 5.41) is 29.8. The molecule has 0 amide bonds. The largest absolute Gasteiger partial charge is 0.509 e. The van der Waals surface area contributed by atoms with E-state index in [-0.39, 0.29) is 30.2 Å². The normalized spacial score (nSPS) is 14.5. The lowest BCUT2D eigenvalue weighted by Crippen LogP contribution is -2.40. The number of aromatic nitrogens is 1. The molecule has 0 bridgehead atoms. The van der Waals surface area contributed by atoms with Crippen molar-refractivity contribution >= 4 is 33.0 Å². The standard InChI is InChI=1S/C18H20N4O2S.C2H6.H2O/c1-2-12(6-5-9-23)10-20-22-11-14(24)16(17(22)19)18-21-13-7-3-4-8-15(13)25-18;1-2;/h2-8,19-20,23-24H,9-11H2,1H3;1-2H3;1H2/b6-5-,12-2+,19-17?;;. The fourth-order valence-electron chi connectivity index (χ4n) is 2.57. The average molecular weight is 405 g/mol. The van der Waals surface area contributed by atoms with Crippen molar-refractivity contribution in [2.75, 3.05) is 19.7 Å². The van der Waals surface area contributed by atoms with Gasteiger partial charge in [-0.1, -0.05) is 44.2 Å². The monoisotopic (exact) mass is 404 g/mol. The number of amidine groups is 1. The molecular weight excluding hydrogens is 376 g/mol. The Hall–Kier alpha value is -2.52. The summed E-state index contributed by atoms with van der Waals surface area (Å²) in [6.07, 6.45) is 5.42. The number of rotatable bonds is 6. The van der Waals surface area contributed by atoms with Gasteiger partial charge in [0.2, 0.25) is 0 Å². The van der Waals surface area contributed by atoms with Crippen molar-refractivity contribution in [3.8, 4) is 0 Å². The number of nitrogens with zero attached hydrogens (tertiary/aromatic N) is 2. The summed E-state index contributed by atoms with van der Waals surface area (Å²) < 4.78 is 1.03. The van der Waals surface area contributed by atoms with Crippen LogP contribution in [0.15, 0.2) is 53.8 Å². The van der Waals surface area contributed by atoms with Crippen LogP contribution in [0.3, 0.4) is 0 Å².